The van der Waals surface area contributed by atoms with Crippen molar-refractivity contribution >= 4 is 17.5 Å². The lowest BCUT2D eigenvalue weighted by Gasteiger charge is -2.18. The van der Waals surface area contributed by atoms with E-state index in [9.17, 15) is 9.59 Å². The van der Waals surface area contributed by atoms with Crippen LogP contribution in [0.4, 0.5) is 5.69 Å². The van der Waals surface area contributed by atoms with Crippen molar-refractivity contribution < 1.29 is 14.7 Å². The highest BCUT2D eigenvalue weighted by atomic mass is 16.3. The molecule has 0 saturated carbocycles. The van der Waals surface area contributed by atoms with Gasteiger partial charge < -0.3 is 15.3 Å². The standard InChI is InChI=1S/C14H20N2O3/c1-11(18)16(2)13-8-4-3-7-12(13)14(19)15-9-5-6-10-17/h3-4,7-8,17H,5-6,9-10H2,1-2H3,(H,15,19). The van der Waals surface area contributed by atoms with Gasteiger partial charge in [0.05, 0.1) is 11.3 Å². The molecule has 2 N–H and O–H groups in total. The monoisotopic (exact) mass is 264 g/mol. The molecule has 0 fully saturated rings. The number of rotatable bonds is 6. The summed E-state index contributed by atoms with van der Waals surface area (Å²) in [6.07, 6.45) is 1.39. The molecule has 0 radical (unpaired) electrons. The van der Waals surface area contributed by atoms with Crippen LogP contribution in [0.1, 0.15) is 30.1 Å². The van der Waals surface area contributed by atoms with E-state index in [4.69, 9.17) is 5.11 Å². The maximum atomic E-state index is 12.0. The molecule has 0 saturated heterocycles. The maximum Gasteiger partial charge on any atom is 0.253 e. The van der Waals surface area contributed by atoms with Crippen LogP contribution in [0.5, 0.6) is 0 Å². The van der Waals surface area contributed by atoms with Gasteiger partial charge >= 0.3 is 0 Å². The molecule has 19 heavy (non-hydrogen) atoms. The van der Waals surface area contributed by atoms with Gasteiger partial charge in [0.15, 0.2) is 0 Å². The first kappa shape index (κ1) is 15.2. The van der Waals surface area contributed by atoms with Crippen LogP contribution in [0, 0.1) is 0 Å². The Morgan fingerprint density at radius 3 is 2.58 bits per heavy atom. The lowest BCUT2D eigenvalue weighted by atomic mass is 10.1. The molecule has 1 aromatic rings. The van der Waals surface area contributed by atoms with Crippen molar-refractivity contribution in [2.75, 3.05) is 25.1 Å². The molecular weight excluding hydrogens is 244 g/mol. The second kappa shape index (κ2) is 7.53. The molecule has 0 aliphatic carbocycles. The van der Waals surface area contributed by atoms with Crippen molar-refractivity contribution in [3.63, 3.8) is 0 Å². The summed E-state index contributed by atoms with van der Waals surface area (Å²) in [5, 5.41) is 11.4. The number of nitrogens with zero attached hydrogens (tertiary/aromatic N) is 1. The van der Waals surface area contributed by atoms with E-state index < -0.39 is 0 Å². The van der Waals surface area contributed by atoms with Crippen LogP contribution >= 0.6 is 0 Å². The minimum absolute atomic E-state index is 0.125. The largest absolute Gasteiger partial charge is 0.396 e. The minimum Gasteiger partial charge on any atom is -0.396 e. The number of nitrogens with one attached hydrogen (secondary N) is 1. The van der Waals surface area contributed by atoms with Gasteiger partial charge in [0.2, 0.25) is 5.91 Å². The third-order valence-corrected chi connectivity index (χ3v) is 2.85. The number of carbonyl (C=O) groups is 2. The first-order valence-corrected chi connectivity index (χ1v) is 6.30. The summed E-state index contributed by atoms with van der Waals surface area (Å²) in [4.78, 5) is 24.9. The van der Waals surface area contributed by atoms with Gasteiger partial charge in [-0.05, 0) is 25.0 Å². The van der Waals surface area contributed by atoms with E-state index in [1.165, 1.54) is 11.8 Å². The van der Waals surface area contributed by atoms with E-state index in [-0.39, 0.29) is 18.4 Å². The summed E-state index contributed by atoms with van der Waals surface area (Å²) < 4.78 is 0. The fraction of sp³-hybridized carbons (Fsp3) is 0.429. The summed E-state index contributed by atoms with van der Waals surface area (Å²) in [7, 11) is 1.64. The van der Waals surface area contributed by atoms with Crippen LogP contribution in [0.2, 0.25) is 0 Å². The van der Waals surface area contributed by atoms with Gasteiger partial charge in [-0.15, -0.1) is 0 Å². The highest BCUT2D eigenvalue weighted by Crippen LogP contribution is 2.19. The summed E-state index contributed by atoms with van der Waals surface area (Å²) in [6.45, 7) is 2.09. The fourth-order valence-electron chi connectivity index (χ4n) is 1.66. The van der Waals surface area contributed by atoms with Gasteiger partial charge in [-0.3, -0.25) is 9.59 Å². The molecule has 1 aromatic carbocycles. The van der Waals surface area contributed by atoms with E-state index in [0.29, 0.717) is 24.2 Å². The Morgan fingerprint density at radius 2 is 1.95 bits per heavy atom. The molecule has 0 atom stereocenters. The number of anilines is 1. The number of para-hydroxylation sites is 1. The van der Waals surface area contributed by atoms with Crippen LogP contribution in [0.25, 0.3) is 0 Å². The second-order valence-corrected chi connectivity index (χ2v) is 4.28. The first-order chi connectivity index (χ1) is 9.07. The average Bonchev–Trinajstić information content (AvgIpc) is 2.42. The molecule has 0 aromatic heterocycles. The van der Waals surface area contributed by atoms with E-state index in [1.54, 1.807) is 31.3 Å². The Kier molecular flexibility index (Phi) is 6.02. The van der Waals surface area contributed by atoms with E-state index in [2.05, 4.69) is 5.32 Å². The molecule has 0 aliphatic heterocycles. The van der Waals surface area contributed by atoms with Crippen molar-refractivity contribution in [1.82, 2.24) is 5.32 Å². The van der Waals surface area contributed by atoms with Crippen molar-refractivity contribution in [3.8, 4) is 0 Å². The molecule has 0 heterocycles. The Hall–Kier alpha value is -1.88. The van der Waals surface area contributed by atoms with Crippen LogP contribution in [-0.2, 0) is 4.79 Å². The number of aliphatic hydroxyl groups excluding tert-OH is 1. The third kappa shape index (κ3) is 4.37. The summed E-state index contributed by atoms with van der Waals surface area (Å²) in [6, 6.07) is 6.98. The number of aliphatic hydroxyl groups is 1. The minimum atomic E-state index is -0.207. The Balaban J connectivity index is 2.76. The zero-order chi connectivity index (χ0) is 14.3. The quantitative estimate of drug-likeness (QED) is 0.758. The number of benzene rings is 1. The highest BCUT2D eigenvalue weighted by Gasteiger charge is 2.15. The fourth-order valence-corrected chi connectivity index (χ4v) is 1.66. The predicted molar refractivity (Wildman–Crippen MR) is 74.2 cm³/mol. The lowest BCUT2D eigenvalue weighted by molar-refractivity contribution is -0.116. The number of hydrogen-bond acceptors (Lipinski definition) is 3. The highest BCUT2D eigenvalue weighted by molar-refractivity contribution is 6.04. The van der Waals surface area contributed by atoms with E-state index in [1.807, 2.05) is 0 Å². The SMILES string of the molecule is CC(=O)N(C)c1ccccc1C(=O)NCCCCO. The van der Waals surface area contributed by atoms with E-state index in [0.717, 1.165) is 6.42 Å². The molecular formula is C14H20N2O3. The van der Waals surface area contributed by atoms with Gasteiger partial charge in [-0.1, -0.05) is 12.1 Å². The molecule has 104 valence electrons. The number of hydrogen-bond donors (Lipinski definition) is 2. The van der Waals surface area contributed by atoms with Gasteiger partial charge in [-0.2, -0.15) is 0 Å². The van der Waals surface area contributed by atoms with Gasteiger partial charge in [0.25, 0.3) is 5.91 Å². The topological polar surface area (TPSA) is 69.6 Å². The van der Waals surface area contributed by atoms with Gasteiger partial charge in [0, 0.05) is 27.1 Å². The molecule has 2 amide bonds. The average molecular weight is 264 g/mol. The summed E-state index contributed by atoms with van der Waals surface area (Å²) in [5.41, 5.74) is 1.07. The molecule has 5 nitrogen and oxygen atoms in total. The summed E-state index contributed by atoms with van der Waals surface area (Å²) in [5.74, 6) is -0.331. The zero-order valence-corrected chi connectivity index (χ0v) is 11.3. The number of amides is 2. The Labute approximate surface area is 113 Å². The van der Waals surface area contributed by atoms with Crippen molar-refractivity contribution in [2.24, 2.45) is 0 Å². The van der Waals surface area contributed by atoms with Crippen LogP contribution < -0.4 is 10.2 Å². The smallest absolute Gasteiger partial charge is 0.253 e. The van der Waals surface area contributed by atoms with Crippen molar-refractivity contribution in [3.05, 3.63) is 29.8 Å². The Bertz CT molecular complexity index is 446. The first-order valence-electron chi connectivity index (χ1n) is 6.30. The van der Waals surface area contributed by atoms with Crippen LogP contribution in [0.3, 0.4) is 0 Å². The van der Waals surface area contributed by atoms with Crippen LogP contribution in [0.15, 0.2) is 24.3 Å². The normalized spacial score (nSPS) is 10.1. The number of carbonyl (C=O) groups excluding carboxylic acids is 2. The molecule has 1 rings (SSSR count). The van der Waals surface area contributed by atoms with Crippen molar-refractivity contribution in [2.45, 2.75) is 19.8 Å². The predicted octanol–water partition coefficient (Wildman–Crippen LogP) is 1.17. The molecule has 0 spiro atoms. The molecule has 5 heteroatoms. The Morgan fingerprint density at radius 1 is 1.26 bits per heavy atom. The molecule has 0 unspecified atom stereocenters. The molecule has 0 aliphatic rings. The summed E-state index contributed by atoms with van der Waals surface area (Å²) >= 11 is 0. The second-order valence-electron chi connectivity index (χ2n) is 4.28. The van der Waals surface area contributed by atoms with Gasteiger partial charge in [0.1, 0.15) is 0 Å². The zero-order valence-electron chi connectivity index (χ0n) is 11.3. The lowest BCUT2D eigenvalue weighted by Crippen LogP contribution is -2.29. The molecule has 0 bridgehead atoms. The van der Waals surface area contributed by atoms with Crippen LogP contribution in [-0.4, -0.2) is 37.1 Å². The van der Waals surface area contributed by atoms with E-state index >= 15 is 0 Å². The van der Waals surface area contributed by atoms with Gasteiger partial charge in [-0.25, -0.2) is 0 Å². The maximum absolute atomic E-state index is 12.0. The van der Waals surface area contributed by atoms with Crippen molar-refractivity contribution in [1.29, 1.82) is 0 Å². The number of unbranched alkanes of at least 4 members (excludes halogenated alkanes) is 1. The third-order valence-electron chi connectivity index (χ3n) is 2.85.